The third kappa shape index (κ3) is 13.6. The van der Waals surface area contributed by atoms with Crippen molar-refractivity contribution in [2.75, 3.05) is 0 Å². The SMILES string of the molecule is CC.CCC1CCCCC1.O.[CH2]\C1=C/C=C\C=C(\CCCC)CC1. The first-order chi connectivity index (χ1) is 11.3. The van der Waals surface area contributed by atoms with Gasteiger partial charge in [-0.05, 0) is 38.5 Å². The van der Waals surface area contributed by atoms with Gasteiger partial charge in [0.25, 0.3) is 0 Å². The summed E-state index contributed by atoms with van der Waals surface area (Å²) in [6.07, 6.45) is 23.7. The molecule has 141 valence electrons. The molecule has 2 N–H and O–H groups in total. The van der Waals surface area contributed by atoms with Gasteiger partial charge in [-0.3, -0.25) is 0 Å². The first-order valence-electron chi connectivity index (χ1n) is 10.1. The highest BCUT2D eigenvalue weighted by molar-refractivity contribution is 5.24. The van der Waals surface area contributed by atoms with E-state index in [1.54, 1.807) is 5.57 Å². The van der Waals surface area contributed by atoms with E-state index >= 15 is 0 Å². The van der Waals surface area contributed by atoms with Crippen molar-refractivity contribution < 1.29 is 5.48 Å². The summed E-state index contributed by atoms with van der Waals surface area (Å²) < 4.78 is 0. The average Bonchev–Trinajstić information content (AvgIpc) is 2.61. The maximum Gasteiger partial charge on any atom is -0.0280 e. The topological polar surface area (TPSA) is 31.5 Å². The maximum atomic E-state index is 4.00. The van der Waals surface area contributed by atoms with Crippen molar-refractivity contribution in [1.29, 1.82) is 0 Å². The van der Waals surface area contributed by atoms with E-state index in [2.05, 4.69) is 45.1 Å². The fraction of sp³-hybridized carbons (Fsp3) is 0.696. The van der Waals surface area contributed by atoms with Crippen LogP contribution in [0.3, 0.4) is 0 Å². The molecule has 1 heteroatoms. The fourth-order valence-corrected chi connectivity index (χ4v) is 3.08. The number of unbranched alkanes of at least 4 members (excludes halogenated alkanes) is 1. The summed E-state index contributed by atoms with van der Waals surface area (Å²) in [4.78, 5) is 0. The minimum Gasteiger partial charge on any atom is -0.412 e. The molecule has 24 heavy (non-hydrogen) atoms. The Morgan fingerprint density at radius 3 is 2.12 bits per heavy atom. The lowest BCUT2D eigenvalue weighted by Crippen LogP contribution is -2.03. The van der Waals surface area contributed by atoms with Crippen LogP contribution in [0.15, 0.2) is 35.5 Å². The Bertz CT molecular complexity index is 343. The standard InChI is InChI=1S/C13H19.C8H16.C2H6.H2O/c1-3-4-8-13-9-6-5-7-12(2)10-11-13;1-2-8-6-4-3-5-7-8;1-2;/h5-7,9H,2-4,8,10-11H2,1H3;8H,2-7H2,1H3;1-2H3;1H2/b6-5-,12-7+,13-9-;;;. The molecule has 0 amide bonds. The molecule has 0 bridgehead atoms. The normalized spacial score (nSPS) is 23.2. The maximum absolute atomic E-state index is 4.00. The third-order valence-corrected chi connectivity index (χ3v) is 4.70. The molecule has 2 aliphatic carbocycles. The van der Waals surface area contributed by atoms with Crippen molar-refractivity contribution in [1.82, 2.24) is 0 Å². The number of rotatable bonds is 4. The first-order valence-corrected chi connectivity index (χ1v) is 10.1. The Balaban J connectivity index is 0. The molecule has 0 unspecified atom stereocenters. The predicted octanol–water partition coefficient (Wildman–Crippen LogP) is 7.39. The molecule has 2 rings (SSSR count). The van der Waals surface area contributed by atoms with Crippen LogP contribution in [0.4, 0.5) is 0 Å². The molecule has 0 atom stereocenters. The molecule has 0 aromatic rings. The molecule has 1 fully saturated rings. The smallest absolute Gasteiger partial charge is 0.0280 e. The van der Waals surface area contributed by atoms with Gasteiger partial charge in [0.05, 0.1) is 0 Å². The van der Waals surface area contributed by atoms with Crippen LogP contribution in [0.25, 0.3) is 0 Å². The number of hydrogen-bond acceptors (Lipinski definition) is 0. The zero-order chi connectivity index (χ0) is 17.3. The molecule has 0 saturated heterocycles. The van der Waals surface area contributed by atoms with Crippen molar-refractivity contribution >= 4 is 0 Å². The van der Waals surface area contributed by atoms with E-state index < -0.39 is 0 Å². The average molecular weight is 336 g/mol. The minimum atomic E-state index is 0. The van der Waals surface area contributed by atoms with E-state index in [9.17, 15) is 0 Å². The van der Waals surface area contributed by atoms with Gasteiger partial charge in [0.15, 0.2) is 0 Å². The summed E-state index contributed by atoms with van der Waals surface area (Å²) in [7, 11) is 0. The van der Waals surface area contributed by atoms with Crippen LogP contribution in [0.5, 0.6) is 0 Å². The van der Waals surface area contributed by atoms with Crippen LogP contribution < -0.4 is 0 Å². The third-order valence-electron chi connectivity index (χ3n) is 4.70. The van der Waals surface area contributed by atoms with Gasteiger partial charge in [0.2, 0.25) is 0 Å². The summed E-state index contributed by atoms with van der Waals surface area (Å²) in [5.41, 5.74) is 2.82. The van der Waals surface area contributed by atoms with Crippen molar-refractivity contribution in [2.45, 2.75) is 98.3 Å². The second-order valence-corrected chi connectivity index (χ2v) is 6.55. The van der Waals surface area contributed by atoms with Crippen molar-refractivity contribution in [3.8, 4) is 0 Å². The van der Waals surface area contributed by atoms with E-state index in [0.717, 1.165) is 12.3 Å². The lowest BCUT2D eigenvalue weighted by molar-refractivity contribution is 0.349. The molecule has 0 aliphatic heterocycles. The molecular weight excluding hydrogens is 292 g/mol. The van der Waals surface area contributed by atoms with Crippen molar-refractivity contribution in [2.24, 2.45) is 5.92 Å². The van der Waals surface area contributed by atoms with Gasteiger partial charge in [0, 0.05) is 0 Å². The van der Waals surface area contributed by atoms with Gasteiger partial charge in [-0.25, -0.2) is 0 Å². The van der Waals surface area contributed by atoms with Crippen LogP contribution in [0.2, 0.25) is 0 Å². The summed E-state index contributed by atoms with van der Waals surface area (Å²) in [5, 5.41) is 0. The van der Waals surface area contributed by atoms with Gasteiger partial charge < -0.3 is 5.48 Å². The molecule has 1 nitrogen and oxygen atoms in total. The molecular formula is C23H43O. The molecule has 1 saturated carbocycles. The minimum absolute atomic E-state index is 0. The van der Waals surface area contributed by atoms with E-state index in [4.69, 9.17) is 0 Å². The monoisotopic (exact) mass is 335 g/mol. The summed E-state index contributed by atoms with van der Waals surface area (Å²) in [6.45, 7) is 12.6. The number of hydrogen-bond donors (Lipinski definition) is 0. The van der Waals surface area contributed by atoms with Gasteiger partial charge in [-0.15, -0.1) is 0 Å². The largest absolute Gasteiger partial charge is 0.412 e. The summed E-state index contributed by atoms with van der Waals surface area (Å²) in [6, 6.07) is 0. The highest BCUT2D eigenvalue weighted by atomic mass is 16.0. The Labute approximate surface area is 152 Å². The summed E-state index contributed by atoms with van der Waals surface area (Å²) >= 11 is 0. The van der Waals surface area contributed by atoms with E-state index in [1.807, 2.05) is 13.8 Å². The lowest BCUT2D eigenvalue weighted by atomic mass is 9.88. The van der Waals surface area contributed by atoms with Crippen LogP contribution >= 0.6 is 0 Å². The van der Waals surface area contributed by atoms with Crippen LogP contribution in [0.1, 0.15) is 98.3 Å². The van der Waals surface area contributed by atoms with Crippen LogP contribution in [0, 0.1) is 12.8 Å². The van der Waals surface area contributed by atoms with E-state index in [1.165, 1.54) is 69.8 Å². The number of allylic oxidation sites excluding steroid dienone is 6. The van der Waals surface area contributed by atoms with Gasteiger partial charge >= 0.3 is 0 Å². The van der Waals surface area contributed by atoms with Gasteiger partial charge in [-0.1, -0.05) is 108 Å². The molecule has 1 radical (unpaired) electrons. The van der Waals surface area contributed by atoms with Crippen molar-refractivity contribution in [3.63, 3.8) is 0 Å². The fourth-order valence-electron chi connectivity index (χ4n) is 3.08. The second kappa shape index (κ2) is 18.5. The predicted molar refractivity (Wildman–Crippen MR) is 111 cm³/mol. The quantitative estimate of drug-likeness (QED) is 0.513. The molecule has 0 aromatic carbocycles. The van der Waals surface area contributed by atoms with Crippen LogP contribution in [-0.4, -0.2) is 5.48 Å². The zero-order valence-electron chi connectivity index (χ0n) is 16.9. The van der Waals surface area contributed by atoms with Crippen LogP contribution in [-0.2, 0) is 0 Å². The Kier molecular flexibility index (Phi) is 19.6. The molecule has 0 spiro atoms. The molecule has 0 aromatic heterocycles. The van der Waals surface area contributed by atoms with E-state index in [-0.39, 0.29) is 5.48 Å². The second-order valence-electron chi connectivity index (χ2n) is 6.55. The lowest BCUT2D eigenvalue weighted by Gasteiger charge is -2.18. The Morgan fingerprint density at radius 2 is 1.58 bits per heavy atom. The van der Waals surface area contributed by atoms with Crippen molar-refractivity contribution in [3.05, 3.63) is 42.4 Å². The molecule has 0 heterocycles. The Hall–Kier alpha value is -0.820. The Morgan fingerprint density at radius 1 is 0.958 bits per heavy atom. The summed E-state index contributed by atoms with van der Waals surface area (Å²) in [5.74, 6) is 1.09. The highest BCUT2D eigenvalue weighted by Gasteiger charge is 2.09. The zero-order valence-corrected chi connectivity index (χ0v) is 16.9. The first kappa shape index (κ1) is 25.4. The van der Waals surface area contributed by atoms with Gasteiger partial charge in [0.1, 0.15) is 0 Å². The van der Waals surface area contributed by atoms with E-state index in [0.29, 0.717) is 0 Å². The van der Waals surface area contributed by atoms with Gasteiger partial charge in [-0.2, -0.15) is 0 Å². The highest BCUT2D eigenvalue weighted by Crippen LogP contribution is 2.25. The molecule has 2 aliphatic rings.